The summed E-state index contributed by atoms with van der Waals surface area (Å²) in [6.07, 6.45) is 5.58. The minimum absolute atomic E-state index is 0. The third kappa shape index (κ3) is 4.67. The zero-order valence-corrected chi connectivity index (χ0v) is 23.7. The molecule has 0 unspecified atom stereocenters. The van der Waals surface area contributed by atoms with Crippen molar-refractivity contribution in [3.05, 3.63) is 128 Å². The van der Waals surface area contributed by atoms with Crippen LogP contribution in [-0.2, 0) is 21.1 Å². The van der Waals surface area contributed by atoms with Crippen molar-refractivity contribution in [1.29, 1.82) is 0 Å². The molecule has 0 saturated heterocycles. The van der Waals surface area contributed by atoms with Crippen LogP contribution in [0.25, 0.3) is 44.4 Å². The number of nitrogens with zero attached hydrogens (tertiary/aromatic N) is 4. The number of hydrogen-bond acceptors (Lipinski definition) is 4. The molecule has 40 heavy (non-hydrogen) atoms. The van der Waals surface area contributed by atoms with Crippen LogP contribution in [0.15, 0.2) is 116 Å². The van der Waals surface area contributed by atoms with Gasteiger partial charge in [-0.1, -0.05) is 54.0 Å². The normalized spacial score (nSPS) is 10.9. The van der Waals surface area contributed by atoms with Gasteiger partial charge in [0.1, 0.15) is 11.6 Å². The second kappa shape index (κ2) is 10.8. The summed E-state index contributed by atoms with van der Waals surface area (Å²) in [5, 5.41) is 6.71. The molecule has 0 atom stereocenters. The van der Waals surface area contributed by atoms with E-state index in [0.29, 0.717) is 11.5 Å². The van der Waals surface area contributed by atoms with Gasteiger partial charge in [-0.3, -0.25) is 4.68 Å². The molecule has 0 fully saturated rings. The van der Waals surface area contributed by atoms with Gasteiger partial charge in [0.2, 0.25) is 0 Å². The van der Waals surface area contributed by atoms with Crippen LogP contribution < -0.4 is 9.47 Å². The van der Waals surface area contributed by atoms with Gasteiger partial charge in [-0.25, -0.2) is 4.98 Å². The Morgan fingerprint density at radius 3 is 2.45 bits per heavy atom. The van der Waals surface area contributed by atoms with Gasteiger partial charge in [-0.2, -0.15) is 17.2 Å². The number of fused-ring (bicyclic) bond motifs is 3. The van der Waals surface area contributed by atoms with Crippen LogP contribution in [0.3, 0.4) is 0 Å². The third-order valence-electron chi connectivity index (χ3n) is 6.65. The topological polar surface area (TPSA) is 54.1 Å². The summed E-state index contributed by atoms with van der Waals surface area (Å²) < 4.78 is 15.6. The summed E-state index contributed by atoms with van der Waals surface area (Å²) in [5.74, 6) is 2.63. The van der Waals surface area contributed by atoms with E-state index >= 15 is 0 Å². The predicted molar refractivity (Wildman–Crippen MR) is 152 cm³/mol. The smallest absolute Gasteiger partial charge is 0.509 e. The molecular formula is C33H22N4O2Pt+2. The summed E-state index contributed by atoms with van der Waals surface area (Å²) in [6, 6.07) is 38.7. The van der Waals surface area contributed by atoms with Crippen molar-refractivity contribution < 1.29 is 30.5 Å². The van der Waals surface area contributed by atoms with Gasteiger partial charge in [-0.15, -0.1) is 35.7 Å². The van der Waals surface area contributed by atoms with Crippen molar-refractivity contribution in [3.8, 4) is 39.9 Å². The second-order valence-electron chi connectivity index (χ2n) is 9.03. The van der Waals surface area contributed by atoms with E-state index in [4.69, 9.17) is 9.47 Å². The number of hydrogen-bond donors (Lipinski definition) is 0. The molecule has 0 saturated carbocycles. The summed E-state index contributed by atoms with van der Waals surface area (Å²) >= 11 is 0. The first-order valence-corrected chi connectivity index (χ1v) is 12.5. The number of rotatable bonds is 6. The Morgan fingerprint density at radius 1 is 0.750 bits per heavy atom. The molecule has 0 aliphatic carbocycles. The monoisotopic (exact) mass is 701 g/mol. The van der Waals surface area contributed by atoms with E-state index in [1.165, 1.54) is 0 Å². The molecule has 3 heterocycles. The van der Waals surface area contributed by atoms with E-state index in [9.17, 15) is 0 Å². The fraction of sp³-hybridized carbons (Fsp3) is 0.0303. The average molecular weight is 702 g/mol. The quantitative estimate of drug-likeness (QED) is 0.169. The molecule has 0 bridgehead atoms. The Hall–Kier alpha value is -4.67. The standard InChI is InChI=1S/C33H22N4O2.Pt/c1-38-26-16-17-34-33(20-26)37-31-13-6-5-12-29(31)30-15-14-28(19-32(30)37)39-27-11-7-10-25(18-27)36-22-24(21-35-36)23-8-3-2-4-9-23;/h2-17,20-22H,1H3;/q-2;+4. The van der Waals surface area contributed by atoms with Crippen molar-refractivity contribution in [2.75, 3.05) is 7.11 Å². The molecule has 0 spiro atoms. The minimum atomic E-state index is 0. The first-order valence-electron chi connectivity index (χ1n) is 12.5. The molecule has 7 heteroatoms. The average Bonchev–Trinajstić information content (AvgIpc) is 3.61. The second-order valence-corrected chi connectivity index (χ2v) is 9.03. The molecule has 4 aromatic carbocycles. The molecule has 194 valence electrons. The van der Waals surface area contributed by atoms with Crippen LogP contribution in [0.2, 0.25) is 0 Å². The van der Waals surface area contributed by atoms with Gasteiger partial charge >= 0.3 is 21.1 Å². The van der Waals surface area contributed by atoms with E-state index in [1.807, 2.05) is 79.1 Å². The number of ether oxygens (including phenoxy) is 2. The first kappa shape index (κ1) is 25.6. The van der Waals surface area contributed by atoms with E-state index in [-0.39, 0.29) is 21.1 Å². The molecule has 0 N–H and O–H groups in total. The van der Waals surface area contributed by atoms with E-state index in [1.54, 1.807) is 18.0 Å². The molecule has 0 amide bonds. The summed E-state index contributed by atoms with van der Waals surface area (Å²) in [4.78, 5) is 4.62. The Kier molecular flexibility index (Phi) is 6.93. The Balaban J connectivity index is 0.00000289. The van der Waals surface area contributed by atoms with Gasteiger partial charge in [0.25, 0.3) is 0 Å². The number of pyridine rings is 1. The zero-order valence-electron chi connectivity index (χ0n) is 21.4. The number of benzene rings is 4. The molecule has 7 rings (SSSR count). The van der Waals surface area contributed by atoms with Gasteiger partial charge in [-0.05, 0) is 28.8 Å². The van der Waals surface area contributed by atoms with Crippen molar-refractivity contribution in [1.82, 2.24) is 19.3 Å². The van der Waals surface area contributed by atoms with Crippen molar-refractivity contribution in [2.45, 2.75) is 0 Å². The summed E-state index contributed by atoms with van der Waals surface area (Å²) in [7, 11) is 1.65. The number of aromatic nitrogens is 4. The molecule has 0 aliphatic heterocycles. The van der Waals surface area contributed by atoms with Crippen LogP contribution in [0.1, 0.15) is 0 Å². The van der Waals surface area contributed by atoms with Gasteiger partial charge in [0.15, 0.2) is 0 Å². The Labute approximate surface area is 245 Å². The van der Waals surface area contributed by atoms with Crippen LogP contribution in [0, 0.1) is 12.1 Å². The minimum Gasteiger partial charge on any atom is -0.509 e. The molecule has 7 aromatic rings. The van der Waals surface area contributed by atoms with Crippen molar-refractivity contribution in [3.63, 3.8) is 0 Å². The Morgan fingerprint density at radius 2 is 1.57 bits per heavy atom. The van der Waals surface area contributed by atoms with Crippen molar-refractivity contribution >= 4 is 21.8 Å². The third-order valence-corrected chi connectivity index (χ3v) is 6.65. The van der Waals surface area contributed by atoms with Crippen LogP contribution in [0.5, 0.6) is 17.2 Å². The van der Waals surface area contributed by atoms with E-state index in [2.05, 4.69) is 57.1 Å². The van der Waals surface area contributed by atoms with Crippen molar-refractivity contribution in [2.24, 2.45) is 0 Å². The fourth-order valence-corrected chi connectivity index (χ4v) is 4.80. The fourth-order valence-electron chi connectivity index (χ4n) is 4.80. The molecule has 3 aromatic heterocycles. The van der Waals surface area contributed by atoms with E-state index in [0.717, 1.165) is 50.2 Å². The summed E-state index contributed by atoms with van der Waals surface area (Å²) in [6.45, 7) is 0. The largest absolute Gasteiger partial charge is 4.00 e. The Bertz CT molecular complexity index is 1950. The SMILES string of the molecule is COc1ccnc(-n2c3[c-]c(Oc4[c-]c(-n5cc(-c6ccccc6)cn5)ccc4)ccc3c3ccccc32)c1.[Pt+4]. The maximum atomic E-state index is 6.26. The first-order chi connectivity index (χ1) is 19.3. The molecule has 0 aliphatic rings. The zero-order chi connectivity index (χ0) is 26.2. The molecule has 0 radical (unpaired) electrons. The summed E-state index contributed by atoms with van der Waals surface area (Å²) in [5.41, 5.74) is 4.83. The number of para-hydroxylation sites is 1. The van der Waals surface area contributed by atoms with Gasteiger partial charge in [0.05, 0.1) is 13.3 Å². The van der Waals surface area contributed by atoms with Crippen LogP contribution >= 0.6 is 0 Å². The van der Waals surface area contributed by atoms with Gasteiger partial charge in [0, 0.05) is 41.0 Å². The number of methoxy groups -OCH3 is 1. The van der Waals surface area contributed by atoms with Gasteiger partial charge < -0.3 is 14.0 Å². The van der Waals surface area contributed by atoms with E-state index < -0.39 is 0 Å². The van der Waals surface area contributed by atoms with Crippen LogP contribution in [-0.4, -0.2) is 26.4 Å². The molecule has 6 nitrogen and oxygen atoms in total. The van der Waals surface area contributed by atoms with Crippen LogP contribution in [0.4, 0.5) is 0 Å². The maximum Gasteiger partial charge on any atom is 4.00 e. The molecular weight excluding hydrogens is 679 g/mol. The predicted octanol–water partition coefficient (Wildman–Crippen LogP) is 7.43. The maximum absolute atomic E-state index is 6.26.